The first kappa shape index (κ1) is 16.7. The fourth-order valence-corrected chi connectivity index (χ4v) is 3.30. The first-order chi connectivity index (χ1) is 10.0. The Balaban J connectivity index is 2.14. The number of thiocarbonyl (C=S) groups is 1. The van der Waals surface area contributed by atoms with Crippen molar-refractivity contribution in [2.45, 2.75) is 32.4 Å². The van der Waals surface area contributed by atoms with E-state index >= 15 is 0 Å². The number of nitrogens with two attached hydrogens (primary N) is 1. The molecular formula is C16H24ClN3S. The van der Waals surface area contributed by atoms with Gasteiger partial charge in [0.15, 0.2) is 0 Å². The van der Waals surface area contributed by atoms with Crippen molar-refractivity contribution in [1.82, 2.24) is 9.80 Å². The molecule has 1 aromatic carbocycles. The molecule has 1 aliphatic rings. The summed E-state index contributed by atoms with van der Waals surface area (Å²) in [6.07, 6.45) is 2.36. The fourth-order valence-electron chi connectivity index (χ4n) is 2.94. The van der Waals surface area contributed by atoms with Gasteiger partial charge >= 0.3 is 0 Å². The lowest BCUT2D eigenvalue weighted by Crippen LogP contribution is -2.39. The molecule has 0 aromatic heterocycles. The van der Waals surface area contributed by atoms with E-state index < -0.39 is 0 Å². The molecule has 0 amide bonds. The van der Waals surface area contributed by atoms with Crippen LogP contribution in [0.15, 0.2) is 18.2 Å². The highest BCUT2D eigenvalue weighted by atomic mass is 35.5. The molecular weight excluding hydrogens is 302 g/mol. The summed E-state index contributed by atoms with van der Waals surface area (Å²) in [7, 11) is 2.20. The standard InChI is InChI=1S/C16H24ClN3S/c1-3-14-11-19(2)7-4-8-20(14)10-13-6-5-12(16(18)21)9-15(13)17/h5-6,9,14H,3-4,7-8,10-11H2,1-2H3,(H2,18,21). The number of rotatable bonds is 4. The normalized spacial score (nSPS) is 21.2. The van der Waals surface area contributed by atoms with Crippen molar-refractivity contribution in [3.63, 3.8) is 0 Å². The monoisotopic (exact) mass is 325 g/mol. The van der Waals surface area contributed by atoms with Crippen molar-refractivity contribution in [2.75, 3.05) is 26.7 Å². The van der Waals surface area contributed by atoms with Gasteiger partial charge in [-0.05, 0) is 38.1 Å². The van der Waals surface area contributed by atoms with Crippen LogP contribution in [0.1, 0.15) is 30.9 Å². The van der Waals surface area contributed by atoms with Crippen molar-refractivity contribution in [1.29, 1.82) is 0 Å². The zero-order valence-corrected chi connectivity index (χ0v) is 14.4. The van der Waals surface area contributed by atoms with Crippen LogP contribution in [0.3, 0.4) is 0 Å². The summed E-state index contributed by atoms with van der Waals surface area (Å²) in [5, 5.41) is 0.757. The Morgan fingerprint density at radius 2 is 2.19 bits per heavy atom. The number of likely N-dealkylation sites (N-methyl/N-ethyl adjacent to an activating group) is 1. The molecule has 2 rings (SSSR count). The second kappa shape index (κ2) is 7.54. The number of nitrogens with zero attached hydrogens (tertiary/aromatic N) is 2. The smallest absolute Gasteiger partial charge is 0.104 e. The van der Waals surface area contributed by atoms with Gasteiger partial charge in [0.25, 0.3) is 0 Å². The highest BCUT2D eigenvalue weighted by molar-refractivity contribution is 7.80. The Kier molecular flexibility index (Phi) is 5.99. The Morgan fingerprint density at radius 3 is 2.81 bits per heavy atom. The molecule has 0 aliphatic carbocycles. The molecule has 1 fully saturated rings. The lowest BCUT2D eigenvalue weighted by Gasteiger charge is -2.30. The van der Waals surface area contributed by atoms with E-state index in [1.807, 2.05) is 12.1 Å². The molecule has 0 bridgehead atoms. The quantitative estimate of drug-likeness (QED) is 0.863. The molecule has 3 nitrogen and oxygen atoms in total. The molecule has 21 heavy (non-hydrogen) atoms. The van der Waals surface area contributed by atoms with Gasteiger partial charge in [-0.25, -0.2) is 0 Å². The average Bonchev–Trinajstić information content (AvgIpc) is 2.62. The molecule has 1 aliphatic heterocycles. The van der Waals surface area contributed by atoms with Crippen LogP contribution in [0.4, 0.5) is 0 Å². The van der Waals surface area contributed by atoms with E-state index in [0.29, 0.717) is 11.0 Å². The number of halogens is 1. The molecule has 1 unspecified atom stereocenters. The van der Waals surface area contributed by atoms with E-state index in [9.17, 15) is 0 Å². The van der Waals surface area contributed by atoms with Crippen LogP contribution >= 0.6 is 23.8 Å². The van der Waals surface area contributed by atoms with Gasteiger partial charge in [-0.3, -0.25) is 4.90 Å². The topological polar surface area (TPSA) is 32.5 Å². The van der Waals surface area contributed by atoms with Crippen LogP contribution < -0.4 is 5.73 Å². The summed E-state index contributed by atoms with van der Waals surface area (Å²) in [5.41, 5.74) is 7.64. The summed E-state index contributed by atoms with van der Waals surface area (Å²) in [5.74, 6) is 0. The highest BCUT2D eigenvalue weighted by Crippen LogP contribution is 2.22. The minimum atomic E-state index is 0.395. The summed E-state index contributed by atoms with van der Waals surface area (Å²) >= 11 is 11.4. The molecule has 5 heteroatoms. The second-order valence-electron chi connectivity index (χ2n) is 5.82. The van der Waals surface area contributed by atoms with E-state index in [1.54, 1.807) is 0 Å². The van der Waals surface area contributed by atoms with E-state index in [1.165, 1.54) is 13.0 Å². The lowest BCUT2D eigenvalue weighted by molar-refractivity contribution is 0.176. The van der Waals surface area contributed by atoms with Crippen molar-refractivity contribution in [3.8, 4) is 0 Å². The predicted molar refractivity (Wildman–Crippen MR) is 93.9 cm³/mol. The second-order valence-corrected chi connectivity index (χ2v) is 6.67. The third kappa shape index (κ3) is 4.39. The van der Waals surface area contributed by atoms with Crippen molar-refractivity contribution in [2.24, 2.45) is 5.73 Å². The van der Waals surface area contributed by atoms with Crippen LogP contribution in [-0.4, -0.2) is 47.5 Å². The van der Waals surface area contributed by atoms with E-state index in [4.69, 9.17) is 29.6 Å². The van der Waals surface area contributed by atoms with Crippen LogP contribution in [0.2, 0.25) is 5.02 Å². The molecule has 1 saturated heterocycles. The minimum absolute atomic E-state index is 0.395. The summed E-state index contributed by atoms with van der Waals surface area (Å²) < 4.78 is 0. The first-order valence-electron chi connectivity index (χ1n) is 7.52. The highest BCUT2D eigenvalue weighted by Gasteiger charge is 2.22. The van der Waals surface area contributed by atoms with Gasteiger partial charge in [0, 0.05) is 36.3 Å². The third-order valence-electron chi connectivity index (χ3n) is 4.21. The van der Waals surface area contributed by atoms with Crippen LogP contribution in [0.5, 0.6) is 0 Å². The van der Waals surface area contributed by atoms with E-state index in [-0.39, 0.29) is 0 Å². The molecule has 0 radical (unpaired) electrons. The molecule has 1 atom stereocenters. The van der Waals surface area contributed by atoms with Gasteiger partial charge in [-0.1, -0.05) is 42.9 Å². The maximum Gasteiger partial charge on any atom is 0.104 e. The fraction of sp³-hybridized carbons (Fsp3) is 0.562. The van der Waals surface area contributed by atoms with Gasteiger partial charge in [0.2, 0.25) is 0 Å². The van der Waals surface area contributed by atoms with Crippen LogP contribution in [-0.2, 0) is 6.54 Å². The van der Waals surface area contributed by atoms with Gasteiger partial charge in [0.1, 0.15) is 4.99 Å². The van der Waals surface area contributed by atoms with Crippen LogP contribution in [0, 0.1) is 0 Å². The zero-order valence-electron chi connectivity index (χ0n) is 12.8. The lowest BCUT2D eigenvalue weighted by atomic mass is 10.1. The predicted octanol–water partition coefficient (Wildman–Crippen LogP) is 2.89. The Bertz CT molecular complexity index is 506. The maximum absolute atomic E-state index is 6.40. The van der Waals surface area contributed by atoms with Crippen molar-refractivity contribution < 1.29 is 0 Å². The average molecular weight is 326 g/mol. The Labute approximate surface area is 138 Å². The van der Waals surface area contributed by atoms with Gasteiger partial charge in [-0.15, -0.1) is 0 Å². The largest absolute Gasteiger partial charge is 0.389 e. The SMILES string of the molecule is CCC1CN(C)CCCN1Cc1ccc(C(N)=S)cc1Cl. The third-order valence-corrected chi connectivity index (χ3v) is 4.79. The summed E-state index contributed by atoms with van der Waals surface area (Å²) in [4.78, 5) is 5.36. The van der Waals surface area contributed by atoms with Gasteiger partial charge in [0.05, 0.1) is 0 Å². The van der Waals surface area contributed by atoms with Crippen molar-refractivity contribution >= 4 is 28.8 Å². The Morgan fingerprint density at radius 1 is 1.43 bits per heavy atom. The number of hydrogen-bond donors (Lipinski definition) is 1. The molecule has 0 spiro atoms. The molecule has 1 aromatic rings. The minimum Gasteiger partial charge on any atom is -0.389 e. The molecule has 0 saturated carbocycles. The summed E-state index contributed by atoms with van der Waals surface area (Å²) in [6.45, 7) is 6.56. The number of benzene rings is 1. The van der Waals surface area contributed by atoms with Crippen molar-refractivity contribution in [3.05, 3.63) is 34.3 Å². The zero-order chi connectivity index (χ0) is 15.4. The first-order valence-corrected chi connectivity index (χ1v) is 8.30. The van der Waals surface area contributed by atoms with Gasteiger partial charge < -0.3 is 10.6 Å². The molecule has 2 N–H and O–H groups in total. The summed E-state index contributed by atoms with van der Waals surface area (Å²) in [6, 6.07) is 6.49. The number of hydrogen-bond acceptors (Lipinski definition) is 3. The molecule has 116 valence electrons. The van der Waals surface area contributed by atoms with E-state index in [2.05, 4.69) is 29.8 Å². The van der Waals surface area contributed by atoms with E-state index in [0.717, 1.165) is 42.2 Å². The Hall–Kier alpha value is -0.680. The molecule has 1 heterocycles. The van der Waals surface area contributed by atoms with Gasteiger partial charge in [-0.2, -0.15) is 0 Å². The maximum atomic E-state index is 6.40. The van der Waals surface area contributed by atoms with Crippen LogP contribution in [0.25, 0.3) is 0 Å².